The first-order valence-corrected chi connectivity index (χ1v) is 9.37. The Kier molecular flexibility index (Phi) is 4.03. The van der Waals surface area contributed by atoms with Gasteiger partial charge in [-0.3, -0.25) is 4.68 Å². The normalized spacial score (nSPS) is 20.5. The van der Waals surface area contributed by atoms with E-state index in [9.17, 15) is 8.42 Å². The summed E-state index contributed by atoms with van der Waals surface area (Å²) in [5.74, 6) is 0.466. The van der Waals surface area contributed by atoms with Crippen LogP contribution >= 0.6 is 15.9 Å². The number of anilines is 1. The van der Waals surface area contributed by atoms with Crippen LogP contribution in [0.5, 0.6) is 0 Å². The minimum Gasteiger partial charge on any atom is -0.380 e. The fraction of sp³-hybridized carbons (Fsp3) is 0.357. The predicted molar refractivity (Wildman–Crippen MR) is 86.0 cm³/mol. The van der Waals surface area contributed by atoms with Gasteiger partial charge in [0.05, 0.1) is 23.7 Å². The van der Waals surface area contributed by atoms with Crippen molar-refractivity contribution in [2.24, 2.45) is 0 Å². The van der Waals surface area contributed by atoms with Gasteiger partial charge in [0, 0.05) is 28.5 Å². The molecule has 21 heavy (non-hydrogen) atoms. The summed E-state index contributed by atoms with van der Waals surface area (Å²) >= 11 is 3.49. The zero-order valence-corrected chi connectivity index (χ0v) is 13.8. The number of aromatic nitrogens is 2. The highest BCUT2D eigenvalue weighted by molar-refractivity contribution is 9.10. The van der Waals surface area contributed by atoms with Crippen molar-refractivity contribution >= 4 is 31.5 Å². The van der Waals surface area contributed by atoms with Gasteiger partial charge in [-0.2, -0.15) is 5.10 Å². The minimum atomic E-state index is -2.88. The number of hydrogen-bond acceptors (Lipinski definition) is 4. The molecule has 1 aliphatic rings. The maximum Gasteiger partial charge on any atom is 0.152 e. The van der Waals surface area contributed by atoms with Gasteiger partial charge < -0.3 is 5.32 Å². The van der Waals surface area contributed by atoms with Gasteiger partial charge in [0.2, 0.25) is 0 Å². The molecular formula is C14H16BrN3O2S. The molecule has 0 unspecified atom stereocenters. The lowest BCUT2D eigenvalue weighted by Gasteiger charge is -2.08. The topological polar surface area (TPSA) is 64.0 Å². The van der Waals surface area contributed by atoms with Crippen LogP contribution in [0, 0.1) is 0 Å². The van der Waals surface area contributed by atoms with Gasteiger partial charge in [-0.05, 0) is 34.5 Å². The lowest BCUT2D eigenvalue weighted by atomic mass is 10.2. The van der Waals surface area contributed by atoms with Gasteiger partial charge >= 0.3 is 0 Å². The average molecular weight is 370 g/mol. The van der Waals surface area contributed by atoms with Crippen molar-refractivity contribution in [1.29, 1.82) is 0 Å². The zero-order valence-electron chi connectivity index (χ0n) is 11.4. The lowest BCUT2D eigenvalue weighted by molar-refractivity contribution is 0.499. The van der Waals surface area contributed by atoms with Crippen molar-refractivity contribution in [1.82, 2.24) is 9.78 Å². The number of hydrogen-bond donors (Lipinski definition) is 1. The van der Waals surface area contributed by atoms with Crippen LogP contribution in [0.15, 0.2) is 41.1 Å². The van der Waals surface area contributed by atoms with E-state index in [1.165, 1.54) is 0 Å². The molecule has 0 bridgehead atoms. The van der Waals surface area contributed by atoms with E-state index in [0.717, 1.165) is 15.7 Å². The number of rotatable bonds is 4. The zero-order chi connectivity index (χ0) is 14.9. The van der Waals surface area contributed by atoms with Crippen LogP contribution in [0.1, 0.15) is 18.0 Å². The van der Waals surface area contributed by atoms with E-state index in [-0.39, 0.29) is 17.5 Å². The Balaban J connectivity index is 1.65. The highest BCUT2D eigenvalue weighted by atomic mass is 79.9. The second-order valence-electron chi connectivity index (χ2n) is 5.22. The molecule has 1 fully saturated rings. The van der Waals surface area contributed by atoms with Gasteiger partial charge in [0.25, 0.3) is 0 Å². The van der Waals surface area contributed by atoms with Crippen LogP contribution in [0.2, 0.25) is 0 Å². The van der Waals surface area contributed by atoms with E-state index < -0.39 is 9.84 Å². The lowest BCUT2D eigenvalue weighted by Crippen LogP contribution is -2.11. The highest BCUT2D eigenvalue weighted by Crippen LogP contribution is 2.24. The molecule has 1 aromatic heterocycles. The molecule has 1 N–H and O–H groups in total. The van der Waals surface area contributed by atoms with E-state index >= 15 is 0 Å². The van der Waals surface area contributed by atoms with E-state index in [2.05, 4.69) is 26.3 Å². The van der Waals surface area contributed by atoms with Crippen molar-refractivity contribution in [2.45, 2.75) is 19.0 Å². The molecule has 0 spiro atoms. The Morgan fingerprint density at radius 1 is 1.38 bits per heavy atom. The third kappa shape index (κ3) is 3.47. The van der Waals surface area contributed by atoms with Crippen LogP contribution in [-0.2, 0) is 16.4 Å². The molecule has 2 aromatic rings. The largest absolute Gasteiger partial charge is 0.380 e. The Morgan fingerprint density at radius 3 is 2.90 bits per heavy atom. The van der Waals surface area contributed by atoms with E-state index in [4.69, 9.17) is 0 Å². The monoisotopic (exact) mass is 369 g/mol. The summed E-state index contributed by atoms with van der Waals surface area (Å²) in [6, 6.07) is 7.90. The molecule has 1 saturated heterocycles. The second-order valence-corrected chi connectivity index (χ2v) is 8.30. The van der Waals surface area contributed by atoms with Crippen LogP contribution in [-0.4, -0.2) is 29.7 Å². The van der Waals surface area contributed by atoms with Gasteiger partial charge in [0.15, 0.2) is 9.84 Å². The number of para-hydroxylation sites is 1. The first-order valence-electron chi connectivity index (χ1n) is 6.75. The first-order chi connectivity index (χ1) is 10.0. The van der Waals surface area contributed by atoms with Gasteiger partial charge in [0.1, 0.15) is 0 Å². The molecule has 2 heterocycles. The quantitative estimate of drug-likeness (QED) is 0.899. The molecule has 5 nitrogen and oxygen atoms in total. The van der Waals surface area contributed by atoms with Crippen LogP contribution in [0.4, 0.5) is 5.69 Å². The minimum absolute atomic E-state index is 0.0211. The Morgan fingerprint density at radius 2 is 2.19 bits per heavy atom. The number of benzene rings is 1. The van der Waals surface area contributed by atoms with E-state index in [1.807, 2.05) is 30.5 Å². The highest BCUT2D eigenvalue weighted by Gasteiger charge is 2.29. The Hall–Kier alpha value is -1.34. The number of sulfone groups is 1. The molecule has 0 amide bonds. The van der Waals surface area contributed by atoms with Crippen molar-refractivity contribution in [3.05, 3.63) is 46.7 Å². The van der Waals surface area contributed by atoms with Crippen LogP contribution in [0.3, 0.4) is 0 Å². The third-order valence-corrected chi connectivity index (χ3v) is 6.04. The SMILES string of the molecule is O=S1(=O)CC[C@H](n2cc(CNc3ccccc3Br)cn2)C1. The summed E-state index contributed by atoms with van der Waals surface area (Å²) in [6.07, 6.45) is 4.37. The maximum absolute atomic E-state index is 11.5. The average Bonchev–Trinajstić information content (AvgIpc) is 3.04. The van der Waals surface area contributed by atoms with Gasteiger partial charge in [-0.15, -0.1) is 0 Å². The fourth-order valence-electron chi connectivity index (χ4n) is 2.45. The number of nitrogens with one attached hydrogen (secondary N) is 1. The molecule has 0 saturated carbocycles. The predicted octanol–water partition coefficient (Wildman–Crippen LogP) is 2.62. The van der Waals surface area contributed by atoms with Gasteiger partial charge in [-0.1, -0.05) is 12.1 Å². The molecule has 1 atom stereocenters. The third-order valence-electron chi connectivity index (χ3n) is 3.59. The van der Waals surface area contributed by atoms with E-state index in [0.29, 0.717) is 13.0 Å². The fourth-order valence-corrected chi connectivity index (χ4v) is 4.58. The maximum atomic E-state index is 11.5. The van der Waals surface area contributed by atoms with Crippen LogP contribution < -0.4 is 5.32 Å². The summed E-state index contributed by atoms with van der Waals surface area (Å²) in [4.78, 5) is 0. The van der Waals surface area contributed by atoms with Crippen molar-refractivity contribution in [3.8, 4) is 0 Å². The second kappa shape index (κ2) is 5.81. The first kappa shape index (κ1) is 14.6. The summed E-state index contributed by atoms with van der Waals surface area (Å²) in [5, 5.41) is 7.63. The number of nitrogens with zero attached hydrogens (tertiary/aromatic N) is 2. The van der Waals surface area contributed by atoms with Crippen molar-refractivity contribution < 1.29 is 8.42 Å². The van der Waals surface area contributed by atoms with Crippen LogP contribution in [0.25, 0.3) is 0 Å². The molecule has 112 valence electrons. The standard InChI is InChI=1S/C14H16BrN3O2S/c15-13-3-1-2-4-14(13)16-7-11-8-17-18(9-11)12-5-6-21(19,20)10-12/h1-4,8-9,12,16H,5-7,10H2/t12-/m0/s1. The Bertz CT molecular complexity index is 742. The molecule has 0 aliphatic carbocycles. The summed E-state index contributed by atoms with van der Waals surface area (Å²) < 4.78 is 25.8. The summed E-state index contributed by atoms with van der Waals surface area (Å²) in [6.45, 7) is 0.655. The summed E-state index contributed by atoms with van der Waals surface area (Å²) in [7, 11) is -2.88. The van der Waals surface area contributed by atoms with E-state index in [1.54, 1.807) is 10.9 Å². The van der Waals surface area contributed by atoms with Crippen molar-refractivity contribution in [2.75, 3.05) is 16.8 Å². The molecule has 1 aliphatic heterocycles. The smallest absolute Gasteiger partial charge is 0.152 e. The molecule has 1 aromatic carbocycles. The number of halogens is 1. The molecule has 3 rings (SSSR count). The van der Waals surface area contributed by atoms with Crippen molar-refractivity contribution in [3.63, 3.8) is 0 Å². The Labute approximate surface area is 132 Å². The van der Waals surface area contributed by atoms with Gasteiger partial charge in [-0.25, -0.2) is 8.42 Å². The molecular weight excluding hydrogens is 354 g/mol. The molecule has 0 radical (unpaired) electrons. The summed E-state index contributed by atoms with van der Waals surface area (Å²) in [5.41, 5.74) is 2.06. The molecule has 7 heteroatoms.